The molecule has 2 amide bonds. The molecule has 8 nitrogen and oxygen atoms in total. The highest BCUT2D eigenvalue weighted by Crippen LogP contribution is 2.48. The number of nitrogens with one attached hydrogen (secondary N) is 2. The fourth-order valence-corrected chi connectivity index (χ4v) is 7.40. The maximum absolute atomic E-state index is 14.6. The summed E-state index contributed by atoms with van der Waals surface area (Å²) in [5.41, 5.74) is 2.05. The highest BCUT2D eigenvalue weighted by atomic mass is 35.5. The molecule has 5 rings (SSSR count). The summed E-state index contributed by atoms with van der Waals surface area (Å²) in [6.07, 6.45) is 7.70. The molecule has 1 saturated carbocycles. The Morgan fingerprint density at radius 3 is 2.22 bits per heavy atom. The molecule has 2 N–H and O–H groups in total. The van der Waals surface area contributed by atoms with Crippen molar-refractivity contribution in [3.63, 3.8) is 0 Å². The lowest BCUT2D eigenvalue weighted by atomic mass is 9.76. The molecule has 1 atom stereocenters. The molecule has 10 heteroatoms. The SMILES string of the molecule is CC(C)CCCC[C@H](c1ccc(C(=O)NCc2n[nH]n2C)cc1)N1C(=O)C(c2cc(Cl)cc(Cl)c2)=NC12CCC(C(C)C)CC2. The van der Waals surface area contributed by atoms with Gasteiger partial charge in [-0.15, -0.1) is 5.10 Å². The van der Waals surface area contributed by atoms with Crippen molar-refractivity contribution < 1.29 is 9.59 Å². The maximum Gasteiger partial charge on any atom is 0.275 e. The fourth-order valence-electron chi connectivity index (χ4n) is 6.88. The summed E-state index contributed by atoms with van der Waals surface area (Å²) >= 11 is 12.8. The molecular formula is C35H46Cl2N6O2. The van der Waals surface area contributed by atoms with Gasteiger partial charge in [0.25, 0.3) is 11.8 Å². The number of hydrogen-bond donors (Lipinski definition) is 2. The van der Waals surface area contributed by atoms with Crippen LogP contribution in [0.4, 0.5) is 0 Å². The lowest BCUT2D eigenvalue weighted by molar-refractivity contribution is -0.133. The monoisotopic (exact) mass is 652 g/mol. The first kappa shape index (κ1) is 33.3. The first-order valence-corrected chi connectivity index (χ1v) is 17.1. The number of aliphatic imine (C=N–C) groups is 1. The standard InChI is InChI=1S/C35H46Cl2N6O2/c1-22(2)8-6-7-9-30(25-10-12-26(13-11-25)33(44)38-21-31-40-41-42(31)5)43-34(45)32(27-18-28(36)20-29(37)19-27)39-35(43)16-14-24(15-17-35)23(3)4/h10-13,18-20,22-24,30,41H,6-9,14-17,21H2,1-5H3,(H,38,44)/t24?,30-,35?/m1/s1. The molecular weight excluding hydrogens is 607 g/mol. The van der Waals surface area contributed by atoms with Gasteiger partial charge in [0.2, 0.25) is 0 Å². The van der Waals surface area contributed by atoms with Gasteiger partial charge in [0.05, 0.1) is 12.6 Å². The van der Waals surface area contributed by atoms with Crippen molar-refractivity contribution in [2.45, 2.75) is 97.3 Å². The van der Waals surface area contributed by atoms with E-state index in [9.17, 15) is 9.59 Å². The highest BCUT2D eigenvalue weighted by molar-refractivity contribution is 6.47. The number of rotatable bonds is 12. The van der Waals surface area contributed by atoms with Crippen LogP contribution in [0.15, 0.2) is 47.5 Å². The summed E-state index contributed by atoms with van der Waals surface area (Å²) in [7, 11) is 1.85. The van der Waals surface area contributed by atoms with E-state index in [0.29, 0.717) is 51.2 Å². The fraction of sp³-hybridized carbons (Fsp3) is 0.543. The number of benzene rings is 2. The summed E-state index contributed by atoms with van der Waals surface area (Å²) in [5, 5.41) is 10.7. The molecule has 45 heavy (non-hydrogen) atoms. The zero-order valence-electron chi connectivity index (χ0n) is 27.1. The van der Waals surface area contributed by atoms with Crippen LogP contribution in [0.2, 0.25) is 10.0 Å². The van der Waals surface area contributed by atoms with Gasteiger partial charge in [-0.25, -0.2) is 5.21 Å². The predicted molar refractivity (Wildman–Crippen MR) is 181 cm³/mol. The minimum atomic E-state index is -0.630. The molecule has 2 aromatic carbocycles. The molecule has 2 aliphatic rings. The Kier molecular flexibility index (Phi) is 10.4. The number of halogens is 2. The van der Waals surface area contributed by atoms with E-state index in [-0.39, 0.29) is 17.9 Å². The molecule has 0 saturated heterocycles. The van der Waals surface area contributed by atoms with Crippen LogP contribution >= 0.6 is 23.2 Å². The molecule has 3 aromatic rings. The highest BCUT2D eigenvalue weighted by Gasteiger charge is 2.52. The summed E-state index contributed by atoms with van der Waals surface area (Å²) in [6.45, 7) is 9.41. The number of carbonyl (C=O) groups excluding carboxylic acids is 2. The van der Waals surface area contributed by atoms with E-state index < -0.39 is 5.66 Å². The molecule has 1 fully saturated rings. The van der Waals surface area contributed by atoms with E-state index in [1.807, 2.05) is 31.3 Å². The average Bonchev–Trinajstić information content (AvgIpc) is 3.27. The molecule has 1 aromatic heterocycles. The molecule has 1 spiro atoms. The number of unbranched alkanes of at least 4 members (excludes halogenated alkanes) is 1. The van der Waals surface area contributed by atoms with Crippen LogP contribution in [0, 0.1) is 17.8 Å². The first-order chi connectivity index (χ1) is 21.5. The smallest absolute Gasteiger partial charge is 0.275 e. The Morgan fingerprint density at radius 1 is 1.02 bits per heavy atom. The van der Waals surface area contributed by atoms with Crippen molar-refractivity contribution in [1.82, 2.24) is 25.2 Å². The largest absolute Gasteiger partial charge is 0.345 e. The second-order valence-corrected chi connectivity index (χ2v) is 14.4. The van der Waals surface area contributed by atoms with Crippen LogP contribution in [0.3, 0.4) is 0 Å². The van der Waals surface area contributed by atoms with Crippen LogP contribution in [0.25, 0.3) is 0 Å². The Bertz CT molecular complexity index is 1490. The molecule has 1 aliphatic heterocycles. The molecule has 0 bridgehead atoms. The number of H-pyrrole nitrogens is 1. The summed E-state index contributed by atoms with van der Waals surface area (Å²) < 4.78 is 1.76. The van der Waals surface area contributed by atoms with Gasteiger partial charge in [0, 0.05) is 28.2 Å². The first-order valence-electron chi connectivity index (χ1n) is 16.3. The number of amides is 2. The van der Waals surface area contributed by atoms with Gasteiger partial charge in [-0.3, -0.25) is 19.3 Å². The van der Waals surface area contributed by atoms with Gasteiger partial charge < -0.3 is 10.2 Å². The molecule has 242 valence electrons. The number of nitrogens with zero attached hydrogens (tertiary/aromatic N) is 4. The van der Waals surface area contributed by atoms with Crippen LogP contribution in [-0.2, 0) is 18.4 Å². The molecule has 2 heterocycles. The number of hydrogen-bond acceptors (Lipinski definition) is 4. The third kappa shape index (κ3) is 7.49. The summed E-state index contributed by atoms with van der Waals surface area (Å²) in [5.74, 6) is 2.34. The van der Waals surface area contributed by atoms with E-state index >= 15 is 0 Å². The van der Waals surface area contributed by atoms with Gasteiger partial charge in [-0.1, -0.05) is 82.3 Å². The zero-order chi connectivity index (χ0) is 32.3. The normalized spacial score (nSPS) is 20.8. The Morgan fingerprint density at radius 2 is 1.67 bits per heavy atom. The van der Waals surface area contributed by atoms with Crippen LogP contribution < -0.4 is 5.32 Å². The number of aryl methyl sites for hydroxylation is 1. The summed E-state index contributed by atoms with van der Waals surface area (Å²) in [6, 6.07) is 12.8. The van der Waals surface area contributed by atoms with Crippen LogP contribution in [-0.4, -0.2) is 43.1 Å². The van der Waals surface area contributed by atoms with Crippen molar-refractivity contribution in [1.29, 1.82) is 0 Å². The van der Waals surface area contributed by atoms with Crippen molar-refractivity contribution in [3.8, 4) is 0 Å². The van der Waals surface area contributed by atoms with E-state index in [1.54, 1.807) is 22.9 Å². The van der Waals surface area contributed by atoms with Gasteiger partial charge in [-0.05, 0) is 85.8 Å². The van der Waals surface area contributed by atoms with Crippen molar-refractivity contribution >= 4 is 40.7 Å². The van der Waals surface area contributed by atoms with Gasteiger partial charge in [0.1, 0.15) is 11.4 Å². The Labute approximate surface area is 276 Å². The second-order valence-electron chi connectivity index (χ2n) is 13.5. The van der Waals surface area contributed by atoms with E-state index in [4.69, 9.17) is 28.2 Å². The van der Waals surface area contributed by atoms with Gasteiger partial charge in [-0.2, -0.15) is 0 Å². The number of carbonyl (C=O) groups is 2. The van der Waals surface area contributed by atoms with Crippen molar-refractivity contribution in [3.05, 3.63) is 75.0 Å². The van der Waals surface area contributed by atoms with E-state index in [2.05, 4.69) is 48.2 Å². The predicted octanol–water partition coefficient (Wildman–Crippen LogP) is 8.12. The number of aromatic amines is 1. The molecule has 0 radical (unpaired) electrons. The molecule has 1 aliphatic carbocycles. The maximum atomic E-state index is 14.6. The van der Waals surface area contributed by atoms with E-state index in [1.165, 1.54) is 0 Å². The van der Waals surface area contributed by atoms with E-state index in [0.717, 1.165) is 62.8 Å². The summed E-state index contributed by atoms with van der Waals surface area (Å²) in [4.78, 5) is 34.9. The lowest BCUT2D eigenvalue weighted by Gasteiger charge is -2.46. The second kappa shape index (κ2) is 14.1. The topological polar surface area (TPSA) is 95.4 Å². The van der Waals surface area contributed by atoms with Crippen molar-refractivity contribution in [2.24, 2.45) is 29.8 Å². The lowest BCUT2D eigenvalue weighted by Crippen LogP contribution is -2.51. The third-order valence-corrected chi connectivity index (χ3v) is 10.0. The zero-order valence-corrected chi connectivity index (χ0v) is 28.6. The van der Waals surface area contributed by atoms with Gasteiger partial charge in [0.15, 0.2) is 5.82 Å². The quantitative estimate of drug-likeness (QED) is 0.193. The minimum absolute atomic E-state index is 0.0778. The van der Waals surface area contributed by atoms with Crippen LogP contribution in [0.1, 0.15) is 112 Å². The Balaban J connectivity index is 1.47. The van der Waals surface area contributed by atoms with Gasteiger partial charge >= 0.3 is 0 Å². The minimum Gasteiger partial charge on any atom is -0.345 e. The Hall–Kier alpha value is -3.10. The average molecular weight is 654 g/mol. The van der Waals surface area contributed by atoms with Crippen LogP contribution in [0.5, 0.6) is 0 Å². The third-order valence-electron chi connectivity index (χ3n) is 9.60. The molecule has 0 unspecified atom stereocenters. The van der Waals surface area contributed by atoms with Crippen molar-refractivity contribution in [2.75, 3.05) is 0 Å². The number of aromatic nitrogens is 3.